The lowest BCUT2D eigenvalue weighted by Gasteiger charge is -2.26. The number of hydrogen-bond donors (Lipinski definition) is 2. The van der Waals surface area contributed by atoms with Crippen LogP contribution in [0, 0.1) is 5.41 Å². The topological polar surface area (TPSA) is 47.9 Å². The summed E-state index contributed by atoms with van der Waals surface area (Å²) >= 11 is 1.83. The van der Waals surface area contributed by atoms with Gasteiger partial charge in [0.05, 0.1) is 12.1 Å². The molecule has 116 valence electrons. The molecule has 0 saturated carbocycles. The first-order valence-electron chi connectivity index (χ1n) is 7.84. The first kappa shape index (κ1) is 16.0. The maximum atomic E-state index is 10.4. The third-order valence-corrected chi connectivity index (χ3v) is 5.89. The molecule has 2 unspecified atom stereocenters. The van der Waals surface area contributed by atoms with Crippen LogP contribution in [-0.4, -0.2) is 59.3 Å². The summed E-state index contributed by atoms with van der Waals surface area (Å²) in [5.41, 5.74) is -0.171. The van der Waals surface area contributed by atoms with Crippen molar-refractivity contribution in [1.82, 2.24) is 10.2 Å². The predicted octanol–water partition coefficient (Wildman–Crippen LogP) is 1.94. The molecule has 2 fully saturated rings. The quantitative estimate of drug-likeness (QED) is 0.615. The molecule has 2 aliphatic rings. The van der Waals surface area contributed by atoms with E-state index >= 15 is 0 Å². The van der Waals surface area contributed by atoms with E-state index in [0.717, 1.165) is 43.5 Å². The molecule has 0 bridgehead atoms. The van der Waals surface area contributed by atoms with Gasteiger partial charge >= 0.3 is 0 Å². The van der Waals surface area contributed by atoms with Crippen LogP contribution < -0.4 is 5.32 Å². The minimum atomic E-state index is -0.584. The molecule has 5 heteroatoms. The summed E-state index contributed by atoms with van der Waals surface area (Å²) in [6, 6.07) is 0. The molecule has 20 heavy (non-hydrogen) atoms. The largest absolute Gasteiger partial charge is 0.387 e. The average molecular weight is 299 g/mol. The second kappa shape index (κ2) is 6.56. The molecule has 0 aromatic rings. The first-order chi connectivity index (χ1) is 9.50. The highest BCUT2D eigenvalue weighted by Crippen LogP contribution is 2.33. The lowest BCUT2D eigenvalue weighted by molar-refractivity contribution is 0.0776. The molecule has 0 spiro atoms. The van der Waals surface area contributed by atoms with Crippen LogP contribution >= 0.6 is 11.8 Å². The third kappa shape index (κ3) is 3.82. The van der Waals surface area contributed by atoms with Gasteiger partial charge in [-0.05, 0) is 37.4 Å². The molecule has 0 radical (unpaired) electrons. The molecule has 2 heterocycles. The van der Waals surface area contributed by atoms with E-state index in [0.29, 0.717) is 12.0 Å². The molecule has 0 aliphatic carbocycles. The fourth-order valence-corrected chi connectivity index (χ4v) is 4.15. The molecular weight excluding hydrogens is 270 g/mol. The van der Waals surface area contributed by atoms with Gasteiger partial charge in [0.1, 0.15) is 0 Å². The van der Waals surface area contributed by atoms with Gasteiger partial charge in [0.25, 0.3) is 0 Å². The number of likely N-dealkylation sites (tertiary alicyclic amines) is 1. The number of nitrogens with zero attached hydrogens (tertiary/aromatic N) is 2. The number of aliphatic imine (C=N–C) groups is 1. The van der Waals surface area contributed by atoms with Crippen molar-refractivity contribution in [2.24, 2.45) is 10.4 Å². The monoisotopic (exact) mass is 299 g/mol. The van der Waals surface area contributed by atoms with E-state index in [2.05, 4.69) is 31.0 Å². The molecule has 0 aromatic heterocycles. The van der Waals surface area contributed by atoms with Crippen molar-refractivity contribution in [1.29, 1.82) is 0 Å². The van der Waals surface area contributed by atoms with E-state index in [1.54, 1.807) is 0 Å². The van der Waals surface area contributed by atoms with Gasteiger partial charge in [0.2, 0.25) is 0 Å². The van der Waals surface area contributed by atoms with Gasteiger partial charge < -0.3 is 15.3 Å². The van der Waals surface area contributed by atoms with Gasteiger partial charge in [-0.2, -0.15) is 11.8 Å². The molecule has 2 N–H and O–H groups in total. The first-order valence-corrected chi connectivity index (χ1v) is 8.99. The fraction of sp³-hybridized carbons (Fsp3) is 0.933. The summed E-state index contributed by atoms with van der Waals surface area (Å²) in [6.45, 7) is 10.3. The molecule has 2 atom stereocenters. The zero-order valence-electron chi connectivity index (χ0n) is 13.1. The number of thioether (sulfide) groups is 1. The Hall–Kier alpha value is -0.420. The molecule has 4 nitrogen and oxygen atoms in total. The van der Waals surface area contributed by atoms with Crippen LogP contribution in [0.4, 0.5) is 0 Å². The second-order valence-electron chi connectivity index (χ2n) is 6.53. The van der Waals surface area contributed by atoms with Gasteiger partial charge in [-0.3, -0.25) is 4.99 Å². The Labute approximate surface area is 127 Å². The summed E-state index contributed by atoms with van der Waals surface area (Å²) in [4.78, 5) is 7.08. The summed E-state index contributed by atoms with van der Waals surface area (Å²) in [6.07, 6.45) is 3.31. The van der Waals surface area contributed by atoms with Crippen molar-refractivity contribution in [2.75, 3.05) is 37.7 Å². The van der Waals surface area contributed by atoms with Crippen LogP contribution in [0.2, 0.25) is 0 Å². The molecular formula is C15H29N3OS. The number of hydrogen-bond acceptors (Lipinski definition) is 3. The Bertz CT molecular complexity index is 355. The summed E-state index contributed by atoms with van der Waals surface area (Å²) in [5, 5.41) is 13.8. The van der Waals surface area contributed by atoms with Gasteiger partial charge in [0.15, 0.2) is 5.96 Å². The number of aliphatic hydroxyl groups is 1. The Kier molecular flexibility index (Phi) is 5.24. The number of nitrogens with one attached hydrogen (secondary N) is 1. The number of guanidine groups is 1. The Morgan fingerprint density at radius 1 is 1.40 bits per heavy atom. The molecule has 2 saturated heterocycles. The van der Waals surface area contributed by atoms with Crippen molar-refractivity contribution < 1.29 is 5.11 Å². The molecule has 2 aliphatic heterocycles. The zero-order chi connectivity index (χ0) is 14.6. The highest BCUT2D eigenvalue weighted by atomic mass is 32.2. The molecule has 0 amide bonds. The van der Waals surface area contributed by atoms with Crippen LogP contribution in [-0.2, 0) is 0 Å². The lowest BCUT2D eigenvalue weighted by Crippen LogP contribution is -2.42. The predicted molar refractivity (Wildman–Crippen MR) is 87.5 cm³/mol. The third-order valence-electron chi connectivity index (χ3n) is 4.65. The van der Waals surface area contributed by atoms with Crippen molar-refractivity contribution >= 4 is 17.7 Å². The van der Waals surface area contributed by atoms with E-state index in [9.17, 15) is 5.11 Å². The summed E-state index contributed by atoms with van der Waals surface area (Å²) in [5.74, 6) is 2.86. The Morgan fingerprint density at radius 3 is 2.75 bits per heavy atom. The maximum absolute atomic E-state index is 10.4. The zero-order valence-corrected chi connectivity index (χ0v) is 13.9. The molecule has 0 aromatic carbocycles. The van der Waals surface area contributed by atoms with Crippen LogP contribution in [0.5, 0.6) is 0 Å². The minimum Gasteiger partial charge on any atom is -0.387 e. The van der Waals surface area contributed by atoms with E-state index in [1.165, 1.54) is 12.8 Å². The van der Waals surface area contributed by atoms with Crippen LogP contribution in [0.25, 0.3) is 0 Å². The summed E-state index contributed by atoms with van der Waals surface area (Å²) < 4.78 is 0. The van der Waals surface area contributed by atoms with E-state index in [-0.39, 0.29) is 0 Å². The van der Waals surface area contributed by atoms with Crippen LogP contribution in [0.1, 0.15) is 40.0 Å². The fourth-order valence-electron chi connectivity index (χ4n) is 2.86. The summed E-state index contributed by atoms with van der Waals surface area (Å²) in [7, 11) is 0. The van der Waals surface area contributed by atoms with Crippen molar-refractivity contribution in [3.63, 3.8) is 0 Å². The molecule has 2 rings (SSSR count). The second-order valence-corrected chi connectivity index (χ2v) is 7.64. The average Bonchev–Trinajstić information content (AvgIpc) is 3.03. The lowest BCUT2D eigenvalue weighted by atomic mass is 9.87. The van der Waals surface area contributed by atoms with Crippen LogP contribution in [0.15, 0.2) is 4.99 Å². The minimum absolute atomic E-state index is 0.413. The van der Waals surface area contributed by atoms with Gasteiger partial charge in [-0.25, -0.2) is 0 Å². The maximum Gasteiger partial charge on any atom is 0.194 e. The normalized spacial score (nSPS) is 34.8. The van der Waals surface area contributed by atoms with Crippen molar-refractivity contribution in [3.8, 4) is 0 Å². The van der Waals surface area contributed by atoms with E-state index in [4.69, 9.17) is 4.99 Å². The van der Waals surface area contributed by atoms with Crippen LogP contribution in [0.3, 0.4) is 0 Å². The SMILES string of the molecule is CCNC(=NCC1(O)CCSC1)N1CCC(C)(CC)C1. The standard InChI is InChI=1S/C15H29N3OS/c1-4-14(3)6-8-18(11-14)13(16-5-2)17-10-15(19)7-9-20-12-15/h19H,4-12H2,1-3H3,(H,16,17). The number of rotatable bonds is 4. The van der Waals surface area contributed by atoms with Gasteiger partial charge in [-0.15, -0.1) is 0 Å². The van der Waals surface area contributed by atoms with Gasteiger partial charge in [-0.1, -0.05) is 13.8 Å². The van der Waals surface area contributed by atoms with E-state index < -0.39 is 5.60 Å². The highest BCUT2D eigenvalue weighted by Gasteiger charge is 2.35. The highest BCUT2D eigenvalue weighted by molar-refractivity contribution is 7.99. The van der Waals surface area contributed by atoms with Crippen molar-refractivity contribution in [3.05, 3.63) is 0 Å². The van der Waals surface area contributed by atoms with E-state index in [1.807, 2.05) is 11.8 Å². The van der Waals surface area contributed by atoms with Gasteiger partial charge in [0, 0.05) is 25.4 Å². The Balaban J connectivity index is 1.99. The Morgan fingerprint density at radius 2 is 2.20 bits per heavy atom. The van der Waals surface area contributed by atoms with Crippen molar-refractivity contribution in [2.45, 2.75) is 45.6 Å². The smallest absolute Gasteiger partial charge is 0.194 e.